The Hall–Kier alpha value is -1.89. The van der Waals surface area contributed by atoms with E-state index in [-0.39, 0.29) is 11.9 Å². The number of H-pyrrole nitrogens is 1. The third-order valence-corrected chi connectivity index (χ3v) is 3.85. The van der Waals surface area contributed by atoms with E-state index in [1.807, 2.05) is 0 Å². The Morgan fingerprint density at radius 2 is 2.40 bits per heavy atom. The SMILES string of the molecule is Nc1ncc2c(n1)CCC(NC(=O)c1cc(Br)c[nH]1)C2. The lowest BCUT2D eigenvalue weighted by molar-refractivity contribution is 0.0929. The number of anilines is 1. The number of aromatic nitrogens is 3. The molecule has 20 heavy (non-hydrogen) atoms. The van der Waals surface area contributed by atoms with E-state index in [2.05, 4.69) is 36.2 Å². The third kappa shape index (κ3) is 2.67. The summed E-state index contributed by atoms with van der Waals surface area (Å²) >= 11 is 3.31. The van der Waals surface area contributed by atoms with E-state index in [1.54, 1.807) is 18.5 Å². The first-order chi connectivity index (χ1) is 9.61. The molecule has 1 aliphatic carbocycles. The lowest BCUT2D eigenvalue weighted by Crippen LogP contribution is -2.39. The van der Waals surface area contributed by atoms with Gasteiger partial charge in [-0.1, -0.05) is 0 Å². The highest BCUT2D eigenvalue weighted by molar-refractivity contribution is 9.10. The molecule has 0 aliphatic heterocycles. The number of fused-ring (bicyclic) bond motifs is 1. The maximum atomic E-state index is 12.1. The molecule has 1 unspecified atom stereocenters. The number of amides is 1. The van der Waals surface area contributed by atoms with Crippen LogP contribution < -0.4 is 11.1 Å². The summed E-state index contributed by atoms with van der Waals surface area (Å²) in [5.74, 6) is 0.211. The van der Waals surface area contributed by atoms with Crippen molar-refractivity contribution in [3.05, 3.63) is 39.9 Å². The Labute approximate surface area is 124 Å². The second kappa shape index (κ2) is 5.24. The maximum Gasteiger partial charge on any atom is 0.267 e. The Morgan fingerprint density at radius 3 is 3.15 bits per heavy atom. The van der Waals surface area contributed by atoms with Crippen molar-refractivity contribution in [2.45, 2.75) is 25.3 Å². The second-order valence-electron chi connectivity index (χ2n) is 4.84. The van der Waals surface area contributed by atoms with Gasteiger partial charge in [0.1, 0.15) is 5.69 Å². The normalized spacial score (nSPS) is 17.6. The van der Waals surface area contributed by atoms with Gasteiger partial charge in [-0.05, 0) is 46.8 Å². The molecular weight excluding hydrogens is 322 g/mol. The van der Waals surface area contributed by atoms with Crippen LogP contribution >= 0.6 is 15.9 Å². The van der Waals surface area contributed by atoms with Crippen molar-refractivity contribution in [2.24, 2.45) is 0 Å². The number of nitrogens with two attached hydrogens (primary N) is 1. The summed E-state index contributed by atoms with van der Waals surface area (Å²) in [7, 11) is 0. The Bertz CT molecular complexity index is 654. The predicted molar refractivity (Wildman–Crippen MR) is 78.2 cm³/mol. The lowest BCUT2D eigenvalue weighted by atomic mass is 9.93. The average Bonchev–Trinajstić information content (AvgIpc) is 2.86. The van der Waals surface area contributed by atoms with Crippen LogP contribution in [0.15, 0.2) is 22.9 Å². The number of nitrogens with zero attached hydrogens (tertiary/aromatic N) is 2. The smallest absolute Gasteiger partial charge is 0.267 e. The van der Waals surface area contributed by atoms with Crippen molar-refractivity contribution in [3.8, 4) is 0 Å². The standard InChI is InChI=1S/C13H14BrN5O/c14-8-4-11(16-6-8)12(20)18-9-1-2-10-7(3-9)5-17-13(15)19-10/h4-6,9,16H,1-3H2,(H,18,20)(H2,15,17,19). The van der Waals surface area contributed by atoms with Gasteiger partial charge in [-0.3, -0.25) is 4.79 Å². The Morgan fingerprint density at radius 1 is 1.55 bits per heavy atom. The van der Waals surface area contributed by atoms with Crippen LogP contribution in [0.3, 0.4) is 0 Å². The van der Waals surface area contributed by atoms with E-state index in [0.717, 1.165) is 35.0 Å². The number of aromatic amines is 1. The van der Waals surface area contributed by atoms with E-state index >= 15 is 0 Å². The molecule has 104 valence electrons. The van der Waals surface area contributed by atoms with E-state index in [4.69, 9.17) is 5.73 Å². The van der Waals surface area contributed by atoms with Crippen molar-refractivity contribution in [3.63, 3.8) is 0 Å². The van der Waals surface area contributed by atoms with Crippen LogP contribution in [0, 0.1) is 0 Å². The molecule has 0 aromatic carbocycles. The van der Waals surface area contributed by atoms with Crippen LogP contribution in [0.2, 0.25) is 0 Å². The molecule has 1 aliphatic rings. The van der Waals surface area contributed by atoms with Gasteiger partial charge >= 0.3 is 0 Å². The Kier molecular flexibility index (Phi) is 3.43. The summed E-state index contributed by atoms with van der Waals surface area (Å²) in [6, 6.07) is 1.86. The van der Waals surface area contributed by atoms with E-state index in [9.17, 15) is 4.79 Å². The predicted octanol–water partition coefficient (Wildman–Crippen LogP) is 1.44. The van der Waals surface area contributed by atoms with E-state index in [1.165, 1.54) is 0 Å². The number of carbonyl (C=O) groups is 1. The highest BCUT2D eigenvalue weighted by atomic mass is 79.9. The topological polar surface area (TPSA) is 96.7 Å². The molecule has 2 aromatic heterocycles. The van der Waals surface area contributed by atoms with Gasteiger partial charge in [-0.15, -0.1) is 0 Å². The molecule has 1 atom stereocenters. The van der Waals surface area contributed by atoms with Crippen LogP contribution in [0.5, 0.6) is 0 Å². The highest BCUT2D eigenvalue weighted by Gasteiger charge is 2.22. The van der Waals surface area contributed by atoms with Crippen molar-refractivity contribution < 1.29 is 4.79 Å². The number of nitrogen functional groups attached to an aromatic ring is 1. The zero-order valence-corrected chi connectivity index (χ0v) is 12.3. The number of nitrogens with one attached hydrogen (secondary N) is 2. The quantitative estimate of drug-likeness (QED) is 0.773. The lowest BCUT2D eigenvalue weighted by Gasteiger charge is -2.24. The molecule has 0 radical (unpaired) electrons. The fraction of sp³-hybridized carbons (Fsp3) is 0.308. The van der Waals surface area contributed by atoms with Crippen molar-refractivity contribution in [1.29, 1.82) is 0 Å². The van der Waals surface area contributed by atoms with Crippen LogP contribution in [0.25, 0.3) is 0 Å². The van der Waals surface area contributed by atoms with Crippen molar-refractivity contribution in [2.75, 3.05) is 5.73 Å². The van der Waals surface area contributed by atoms with Crippen molar-refractivity contribution >= 4 is 27.8 Å². The number of hydrogen-bond acceptors (Lipinski definition) is 4. The summed E-state index contributed by atoms with van der Waals surface area (Å²) in [6.07, 6.45) is 5.89. The number of hydrogen-bond donors (Lipinski definition) is 3. The molecule has 7 heteroatoms. The summed E-state index contributed by atoms with van der Waals surface area (Å²) < 4.78 is 0.862. The first-order valence-corrected chi connectivity index (χ1v) is 7.16. The molecule has 0 fully saturated rings. The molecule has 1 amide bonds. The van der Waals surface area contributed by atoms with Crippen LogP contribution in [-0.2, 0) is 12.8 Å². The summed E-state index contributed by atoms with van der Waals surface area (Å²) in [5.41, 5.74) is 8.18. The summed E-state index contributed by atoms with van der Waals surface area (Å²) in [4.78, 5) is 23.2. The first kappa shape index (κ1) is 13.1. The summed E-state index contributed by atoms with van der Waals surface area (Å²) in [5, 5.41) is 3.03. The number of halogens is 1. The van der Waals surface area contributed by atoms with Gasteiger partial charge in [0.2, 0.25) is 5.95 Å². The monoisotopic (exact) mass is 335 g/mol. The zero-order chi connectivity index (χ0) is 14.1. The van der Waals surface area contributed by atoms with Gasteiger partial charge < -0.3 is 16.0 Å². The van der Waals surface area contributed by atoms with Gasteiger partial charge in [-0.2, -0.15) is 0 Å². The largest absolute Gasteiger partial charge is 0.368 e. The molecule has 4 N–H and O–H groups in total. The molecule has 0 saturated carbocycles. The van der Waals surface area contributed by atoms with Crippen LogP contribution in [0.4, 0.5) is 5.95 Å². The van der Waals surface area contributed by atoms with Gasteiger partial charge in [0.05, 0.1) is 0 Å². The van der Waals surface area contributed by atoms with E-state index < -0.39 is 0 Å². The molecule has 3 rings (SSSR count). The van der Waals surface area contributed by atoms with Crippen LogP contribution in [-0.4, -0.2) is 26.9 Å². The fourth-order valence-corrected chi connectivity index (χ4v) is 2.75. The molecule has 0 bridgehead atoms. The van der Waals surface area contributed by atoms with Crippen LogP contribution in [0.1, 0.15) is 28.2 Å². The molecular formula is C13H14BrN5O. The average molecular weight is 336 g/mol. The van der Waals surface area contributed by atoms with Gasteiger partial charge in [0, 0.05) is 28.6 Å². The molecule has 2 heterocycles. The highest BCUT2D eigenvalue weighted by Crippen LogP contribution is 2.20. The van der Waals surface area contributed by atoms with Crippen molar-refractivity contribution in [1.82, 2.24) is 20.3 Å². The summed E-state index contributed by atoms with van der Waals surface area (Å²) in [6.45, 7) is 0. The second-order valence-corrected chi connectivity index (χ2v) is 5.76. The molecule has 0 saturated heterocycles. The Balaban J connectivity index is 1.68. The number of rotatable bonds is 2. The first-order valence-electron chi connectivity index (χ1n) is 6.37. The molecule has 0 spiro atoms. The number of carbonyl (C=O) groups excluding carboxylic acids is 1. The van der Waals surface area contributed by atoms with E-state index in [0.29, 0.717) is 11.6 Å². The van der Waals surface area contributed by atoms with Gasteiger partial charge in [0.25, 0.3) is 5.91 Å². The fourth-order valence-electron chi connectivity index (χ4n) is 2.41. The minimum atomic E-state index is -0.0967. The maximum absolute atomic E-state index is 12.1. The number of aryl methyl sites for hydroxylation is 1. The molecule has 2 aromatic rings. The molecule has 6 nitrogen and oxygen atoms in total. The zero-order valence-electron chi connectivity index (χ0n) is 10.7. The van der Waals surface area contributed by atoms with Gasteiger partial charge in [-0.25, -0.2) is 9.97 Å². The van der Waals surface area contributed by atoms with Gasteiger partial charge in [0.15, 0.2) is 0 Å². The minimum Gasteiger partial charge on any atom is -0.368 e. The minimum absolute atomic E-state index is 0.0967. The third-order valence-electron chi connectivity index (χ3n) is 3.40.